The fraction of sp³-hybridized carbons (Fsp3) is 0.889. The Balaban J connectivity index is 3.20. The fourth-order valence-corrected chi connectivity index (χ4v) is 0.940. The normalized spacial score (nSPS) is 13.6. The molecule has 0 heterocycles. The lowest BCUT2D eigenvalue weighted by atomic mass is 10.2. The van der Waals surface area contributed by atoms with Crippen molar-refractivity contribution in [3.8, 4) is 6.07 Å². The Bertz CT molecular complexity index is 183. The zero-order valence-electron chi connectivity index (χ0n) is 8.19. The summed E-state index contributed by atoms with van der Waals surface area (Å²) in [6.45, 7) is 2.85. The molecule has 0 saturated carbocycles. The maximum atomic E-state index is 11.7. The zero-order valence-corrected chi connectivity index (χ0v) is 8.19. The highest BCUT2D eigenvalue weighted by Crippen LogP contribution is 2.21. The topological polar surface area (TPSA) is 35.8 Å². The first-order valence-corrected chi connectivity index (χ1v) is 4.63. The third-order valence-corrected chi connectivity index (χ3v) is 1.73. The van der Waals surface area contributed by atoms with Gasteiger partial charge in [0.1, 0.15) is 0 Å². The van der Waals surface area contributed by atoms with E-state index < -0.39 is 12.6 Å². The van der Waals surface area contributed by atoms with Gasteiger partial charge in [-0.3, -0.25) is 0 Å². The summed E-state index contributed by atoms with van der Waals surface area (Å²) in [6, 6.07) is 2.04. The Kier molecular flexibility index (Phi) is 6.30. The van der Waals surface area contributed by atoms with E-state index >= 15 is 0 Å². The van der Waals surface area contributed by atoms with Crippen LogP contribution < -0.4 is 5.32 Å². The molecule has 2 nitrogen and oxygen atoms in total. The van der Waals surface area contributed by atoms with Crippen LogP contribution in [0.2, 0.25) is 0 Å². The van der Waals surface area contributed by atoms with Gasteiger partial charge >= 0.3 is 6.18 Å². The molecule has 0 aromatic carbocycles. The molecule has 5 heteroatoms. The maximum absolute atomic E-state index is 11.7. The van der Waals surface area contributed by atoms with Crippen molar-refractivity contribution < 1.29 is 13.2 Å². The minimum Gasteiger partial charge on any atom is -0.315 e. The third kappa shape index (κ3) is 9.33. The van der Waals surface area contributed by atoms with Gasteiger partial charge in [-0.25, -0.2) is 0 Å². The van der Waals surface area contributed by atoms with E-state index in [4.69, 9.17) is 5.26 Å². The van der Waals surface area contributed by atoms with E-state index in [-0.39, 0.29) is 12.3 Å². The number of alkyl halides is 3. The quantitative estimate of drug-likeness (QED) is 0.680. The van der Waals surface area contributed by atoms with E-state index in [0.717, 1.165) is 0 Å². The largest absolute Gasteiger partial charge is 0.389 e. The monoisotopic (exact) mass is 208 g/mol. The van der Waals surface area contributed by atoms with E-state index in [2.05, 4.69) is 5.32 Å². The van der Waals surface area contributed by atoms with Crippen LogP contribution in [0, 0.1) is 17.2 Å². The summed E-state index contributed by atoms with van der Waals surface area (Å²) in [5, 5.41) is 11.3. The van der Waals surface area contributed by atoms with Crippen LogP contribution in [0.25, 0.3) is 0 Å². The van der Waals surface area contributed by atoms with Crippen LogP contribution in [0.4, 0.5) is 13.2 Å². The number of nitrogens with one attached hydrogen (secondary N) is 1. The van der Waals surface area contributed by atoms with Gasteiger partial charge < -0.3 is 5.32 Å². The Labute approximate surface area is 82.1 Å². The molecule has 82 valence electrons. The summed E-state index contributed by atoms with van der Waals surface area (Å²) >= 11 is 0. The highest BCUT2D eigenvalue weighted by atomic mass is 19.4. The van der Waals surface area contributed by atoms with Gasteiger partial charge in [-0.2, -0.15) is 18.4 Å². The van der Waals surface area contributed by atoms with Crippen LogP contribution in [0.15, 0.2) is 0 Å². The van der Waals surface area contributed by atoms with Gasteiger partial charge in [-0.15, -0.1) is 0 Å². The van der Waals surface area contributed by atoms with E-state index in [1.54, 1.807) is 6.92 Å². The van der Waals surface area contributed by atoms with Crippen molar-refractivity contribution in [1.82, 2.24) is 5.32 Å². The second-order valence-corrected chi connectivity index (χ2v) is 3.31. The molecular formula is C9H15F3N2. The molecule has 0 bridgehead atoms. The first-order valence-electron chi connectivity index (χ1n) is 4.63. The highest BCUT2D eigenvalue weighted by Gasteiger charge is 2.25. The summed E-state index contributed by atoms with van der Waals surface area (Å²) in [5.41, 5.74) is 0. The van der Waals surface area contributed by atoms with Crippen LogP contribution >= 0.6 is 0 Å². The van der Waals surface area contributed by atoms with Crippen LogP contribution in [0.3, 0.4) is 0 Å². The average Bonchev–Trinajstić information content (AvgIpc) is 2.08. The molecule has 0 aliphatic carbocycles. The van der Waals surface area contributed by atoms with Crippen molar-refractivity contribution in [3.05, 3.63) is 0 Å². The van der Waals surface area contributed by atoms with Crippen molar-refractivity contribution >= 4 is 0 Å². The summed E-state index contributed by atoms with van der Waals surface area (Å²) < 4.78 is 35.1. The number of unbranched alkanes of at least 4 members (excludes halogenated alkanes) is 1. The first-order chi connectivity index (χ1) is 6.45. The minimum atomic E-state index is -4.04. The van der Waals surface area contributed by atoms with Gasteiger partial charge in [0, 0.05) is 13.0 Å². The lowest BCUT2D eigenvalue weighted by Gasteiger charge is -2.07. The predicted octanol–water partition coefficient (Wildman–Crippen LogP) is 2.47. The molecule has 0 rings (SSSR count). The van der Waals surface area contributed by atoms with Gasteiger partial charge in [-0.05, 0) is 26.3 Å². The predicted molar refractivity (Wildman–Crippen MR) is 47.6 cm³/mol. The maximum Gasteiger partial charge on any atom is 0.389 e. The van der Waals surface area contributed by atoms with Crippen molar-refractivity contribution in [2.24, 2.45) is 5.92 Å². The highest BCUT2D eigenvalue weighted by molar-refractivity contribution is 4.79. The fourth-order valence-electron chi connectivity index (χ4n) is 0.940. The van der Waals surface area contributed by atoms with Crippen LogP contribution in [-0.4, -0.2) is 19.3 Å². The van der Waals surface area contributed by atoms with Crippen LogP contribution in [-0.2, 0) is 0 Å². The van der Waals surface area contributed by atoms with Crippen molar-refractivity contribution in [3.63, 3.8) is 0 Å². The molecule has 1 unspecified atom stereocenters. The van der Waals surface area contributed by atoms with Gasteiger partial charge in [0.2, 0.25) is 0 Å². The second kappa shape index (κ2) is 6.66. The summed E-state index contributed by atoms with van der Waals surface area (Å²) in [4.78, 5) is 0. The lowest BCUT2D eigenvalue weighted by molar-refractivity contribution is -0.135. The molecule has 0 radical (unpaired) electrons. The Morgan fingerprint density at radius 1 is 1.36 bits per heavy atom. The number of nitrogens with zero attached hydrogens (tertiary/aromatic N) is 1. The van der Waals surface area contributed by atoms with E-state index in [0.29, 0.717) is 19.5 Å². The smallest absolute Gasteiger partial charge is 0.315 e. The minimum absolute atomic E-state index is 0.0855. The molecule has 0 aliphatic rings. The molecule has 1 N–H and O–H groups in total. The second-order valence-electron chi connectivity index (χ2n) is 3.31. The van der Waals surface area contributed by atoms with E-state index in [9.17, 15) is 13.2 Å². The molecular weight excluding hydrogens is 193 g/mol. The van der Waals surface area contributed by atoms with E-state index in [1.807, 2.05) is 6.07 Å². The van der Waals surface area contributed by atoms with E-state index in [1.165, 1.54) is 0 Å². The lowest BCUT2D eigenvalue weighted by Crippen LogP contribution is -2.21. The third-order valence-electron chi connectivity index (χ3n) is 1.73. The molecule has 0 saturated heterocycles. The standard InChI is InChI=1S/C9H15F3N2/c1-8(6-13)7-14-5-3-2-4-9(10,11)12/h8,14H,2-5,7H2,1H3. The molecule has 1 atom stereocenters. The Hall–Kier alpha value is -0.760. The Morgan fingerprint density at radius 3 is 2.50 bits per heavy atom. The molecule has 0 amide bonds. The molecule has 0 aliphatic heterocycles. The van der Waals surface area contributed by atoms with Crippen molar-refractivity contribution in [1.29, 1.82) is 5.26 Å². The molecule has 0 fully saturated rings. The van der Waals surface area contributed by atoms with Crippen LogP contribution in [0.5, 0.6) is 0 Å². The molecule has 14 heavy (non-hydrogen) atoms. The number of hydrogen-bond acceptors (Lipinski definition) is 2. The van der Waals surface area contributed by atoms with Gasteiger partial charge in [-0.1, -0.05) is 0 Å². The molecule has 0 aromatic heterocycles. The SMILES string of the molecule is CC(C#N)CNCCCCC(F)(F)F. The van der Waals surface area contributed by atoms with Gasteiger partial charge in [0.15, 0.2) is 0 Å². The van der Waals surface area contributed by atoms with Crippen molar-refractivity contribution in [2.45, 2.75) is 32.4 Å². The number of rotatable bonds is 6. The van der Waals surface area contributed by atoms with Crippen molar-refractivity contribution in [2.75, 3.05) is 13.1 Å². The van der Waals surface area contributed by atoms with Crippen LogP contribution in [0.1, 0.15) is 26.2 Å². The molecule has 0 spiro atoms. The summed E-state index contributed by atoms with van der Waals surface area (Å²) in [6.07, 6.45) is -4.11. The number of nitriles is 1. The molecule has 0 aromatic rings. The average molecular weight is 208 g/mol. The number of halogens is 3. The number of hydrogen-bond donors (Lipinski definition) is 1. The Morgan fingerprint density at radius 2 is 2.00 bits per heavy atom. The first kappa shape index (κ1) is 13.2. The van der Waals surface area contributed by atoms with Gasteiger partial charge in [0.25, 0.3) is 0 Å². The van der Waals surface area contributed by atoms with Gasteiger partial charge in [0.05, 0.1) is 12.0 Å². The zero-order chi connectivity index (χ0) is 11.0. The summed E-state index contributed by atoms with van der Waals surface area (Å²) in [5.74, 6) is -0.0855. The summed E-state index contributed by atoms with van der Waals surface area (Å²) in [7, 11) is 0.